The molecule has 18 heavy (non-hydrogen) atoms. The lowest BCUT2D eigenvalue weighted by Gasteiger charge is -2.22. The molecule has 0 aromatic heterocycles. The van der Waals surface area contributed by atoms with Crippen LogP contribution in [0.4, 0.5) is 4.39 Å². The predicted molar refractivity (Wildman–Crippen MR) is 79.2 cm³/mol. The zero-order chi connectivity index (χ0) is 13.5. The van der Waals surface area contributed by atoms with Crippen molar-refractivity contribution in [2.24, 2.45) is 5.92 Å². The van der Waals surface area contributed by atoms with Gasteiger partial charge in [0.25, 0.3) is 0 Å². The lowest BCUT2D eigenvalue weighted by molar-refractivity contribution is 0.392. The van der Waals surface area contributed by atoms with Crippen molar-refractivity contribution < 1.29 is 4.39 Å². The average Bonchev–Trinajstić information content (AvgIpc) is 2.34. The van der Waals surface area contributed by atoms with E-state index in [9.17, 15) is 4.39 Å². The molecule has 0 spiro atoms. The topological polar surface area (TPSA) is 12.0 Å². The fourth-order valence-corrected chi connectivity index (χ4v) is 2.33. The quantitative estimate of drug-likeness (QED) is 0.741. The molecule has 2 atom stereocenters. The zero-order valence-electron chi connectivity index (χ0n) is 11.5. The Morgan fingerprint density at radius 2 is 2.06 bits per heavy atom. The van der Waals surface area contributed by atoms with Gasteiger partial charge in [0.2, 0.25) is 0 Å². The molecule has 0 bridgehead atoms. The molecule has 3 heteroatoms. The van der Waals surface area contributed by atoms with Crippen LogP contribution in [0.5, 0.6) is 0 Å². The van der Waals surface area contributed by atoms with Crippen molar-refractivity contribution >= 4 is 15.9 Å². The largest absolute Gasteiger partial charge is 0.310 e. The normalized spacial score (nSPS) is 14.5. The second-order valence-electron chi connectivity index (χ2n) is 4.92. The third kappa shape index (κ3) is 4.69. The minimum absolute atomic E-state index is 0.119. The smallest absolute Gasteiger partial charge is 0.129 e. The molecule has 102 valence electrons. The van der Waals surface area contributed by atoms with Gasteiger partial charge in [-0.1, -0.05) is 49.2 Å². The number of halogens is 2. The molecule has 0 saturated carbocycles. The summed E-state index contributed by atoms with van der Waals surface area (Å²) in [5.74, 6) is 0.476. The fourth-order valence-electron chi connectivity index (χ4n) is 1.99. The number of hydrogen-bond acceptors (Lipinski definition) is 1. The van der Waals surface area contributed by atoms with E-state index >= 15 is 0 Å². The predicted octanol–water partition coefficient (Wildman–Crippen LogP) is 5.07. The maximum atomic E-state index is 14.0. The first-order valence-electron chi connectivity index (χ1n) is 6.76. The summed E-state index contributed by atoms with van der Waals surface area (Å²) in [5.41, 5.74) is 0.784. The van der Waals surface area contributed by atoms with Crippen molar-refractivity contribution in [3.8, 4) is 0 Å². The zero-order valence-corrected chi connectivity index (χ0v) is 13.1. The third-order valence-corrected chi connectivity index (χ3v) is 3.81. The highest BCUT2D eigenvalue weighted by atomic mass is 79.9. The maximum Gasteiger partial charge on any atom is 0.129 e. The molecule has 0 saturated heterocycles. The van der Waals surface area contributed by atoms with Crippen LogP contribution >= 0.6 is 15.9 Å². The van der Waals surface area contributed by atoms with Crippen molar-refractivity contribution in [2.75, 3.05) is 6.54 Å². The molecule has 1 N–H and O–H groups in total. The molecule has 1 nitrogen and oxygen atoms in total. The van der Waals surface area contributed by atoms with Crippen molar-refractivity contribution in [3.63, 3.8) is 0 Å². The molecule has 0 radical (unpaired) electrons. The van der Waals surface area contributed by atoms with Crippen LogP contribution in [0.1, 0.15) is 51.6 Å². The highest BCUT2D eigenvalue weighted by molar-refractivity contribution is 9.10. The van der Waals surface area contributed by atoms with Gasteiger partial charge in [-0.25, -0.2) is 4.39 Å². The van der Waals surface area contributed by atoms with E-state index in [1.165, 1.54) is 0 Å². The number of nitrogens with one attached hydrogen (secondary N) is 1. The Hall–Kier alpha value is -0.410. The summed E-state index contributed by atoms with van der Waals surface area (Å²) in [6.07, 6.45) is 3.17. The summed E-state index contributed by atoms with van der Waals surface area (Å²) in [7, 11) is 0. The van der Waals surface area contributed by atoms with Gasteiger partial charge in [-0.05, 0) is 37.4 Å². The van der Waals surface area contributed by atoms with Gasteiger partial charge in [-0.2, -0.15) is 0 Å². The molecular weight excluding hydrogens is 293 g/mol. The monoisotopic (exact) mass is 315 g/mol. The molecule has 1 aromatic rings. The van der Waals surface area contributed by atoms with E-state index in [-0.39, 0.29) is 11.9 Å². The summed E-state index contributed by atoms with van der Waals surface area (Å²) in [6.45, 7) is 7.46. The summed E-state index contributed by atoms with van der Waals surface area (Å²) < 4.78 is 14.8. The van der Waals surface area contributed by atoms with Gasteiger partial charge in [0.15, 0.2) is 0 Å². The van der Waals surface area contributed by atoms with E-state index in [0.29, 0.717) is 5.92 Å². The number of rotatable bonds is 7. The standard InChI is InChI=1S/C15H23BrFN/c1-4-8-18-15(9-11(3)5-2)13-7-6-12(16)10-14(13)17/h6-7,10-11,15,18H,4-5,8-9H2,1-3H3. The van der Waals surface area contributed by atoms with E-state index in [1.807, 2.05) is 12.1 Å². The van der Waals surface area contributed by atoms with Gasteiger partial charge in [-0.15, -0.1) is 0 Å². The van der Waals surface area contributed by atoms with Crippen LogP contribution in [0.2, 0.25) is 0 Å². The third-order valence-electron chi connectivity index (χ3n) is 3.31. The Bertz CT molecular complexity index is 368. The average molecular weight is 316 g/mol. The van der Waals surface area contributed by atoms with Crippen LogP contribution in [0, 0.1) is 11.7 Å². The van der Waals surface area contributed by atoms with Crippen molar-refractivity contribution in [1.29, 1.82) is 0 Å². The second-order valence-corrected chi connectivity index (χ2v) is 5.84. The van der Waals surface area contributed by atoms with Crippen LogP contribution < -0.4 is 5.32 Å². The lowest BCUT2D eigenvalue weighted by atomic mass is 9.94. The SMILES string of the molecule is CCCNC(CC(C)CC)c1ccc(Br)cc1F. The Morgan fingerprint density at radius 3 is 2.61 bits per heavy atom. The van der Waals surface area contributed by atoms with Crippen LogP contribution in [0.25, 0.3) is 0 Å². The lowest BCUT2D eigenvalue weighted by Crippen LogP contribution is -2.24. The van der Waals surface area contributed by atoms with Gasteiger partial charge in [-0.3, -0.25) is 0 Å². The van der Waals surface area contributed by atoms with Gasteiger partial charge >= 0.3 is 0 Å². The number of hydrogen-bond donors (Lipinski definition) is 1. The minimum Gasteiger partial charge on any atom is -0.310 e. The maximum absolute atomic E-state index is 14.0. The second kappa shape index (κ2) is 7.90. The van der Waals surface area contributed by atoms with E-state index in [4.69, 9.17) is 0 Å². The molecule has 1 rings (SSSR count). The highest BCUT2D eigenvalue weighted by Crippen LogP contribution is 2.27. The summed E-state index contributed by atoms with van der Waals surface area (Å²) >= 11 is 3.30. The number of benzene rings is 1. The van der Waals surface area contributed by atoms with Crippen molar-refractivity contribution in [1.82, 2.24) is 5.32 Å². The summed E-state index contributed by atoms with van der Waals surface area (Å²) in [5, 5.41) is 3.46. The molecular formula is C15H23BrFN. The Labute approximate surface area is 118 Å². The molecule has 0 heterocycles. The van der Waals surface area contributed by atoms with Gasteiger partial charge < -0.3 is 5.32 Å². The molecule has 0 aliphatic rings. The first-order valence-corrected chi connectivity index (χ1v) is 7.56. The highest BCUT2D eigenvalue weighted by Gasteiger charge is 2.17. The van der Waals surface area contributed by atoms with E-state index in [1.54, 1.807) is 6.07 Å². The van der Waals surface area contributed by atoms with E-state index in [2.05, 4.69) is 42.0 Å². The molecule has 0 aliphatic carbocycles. The van der Waals surface area contributed by atoms with Gasteiger partial charge in [0.1, 0.15) is 5.82 Å². The molecule has 0 amide bonds. The van der Waals surface area contributed by atoms with Crippen LogP contribution in [0.3, 0.4) is 0 Å². The molecule has 1 aromatic carbocycles. The fraction of sp³-hybridized carbons (Fsp3) is 0.600. The Morgan fingerprint density at radius 1 is 1.33 bits per heavy atom. The van der Waals surface area contributed by atoms with Crippen LogP contribution in [-0.4, -0.2) is 6.54 Å². The van der Waals surface area contributed by atoms with Crippen molar-refractivity contribution in [2.45, 2.75) is 46.1 Å². The van der Waals surface area contributed by atoms with Gasteiger partial charge in [0, 0.05) is 16.1 Å². The van der Waals surface area contributed by atoms with Crippen LogP contribution in [0.15, 0.2) is 22.7 Å². The van der Waals surface area contributed by atoms with Crippen LogP contribution in [-0.2, 0) is 0 Å². The first-order chi connectivity index (χ1) is 8.58. The van der Waals surface area contributed by atoms with Gasteiger partial charge in [0.05, 0.1) is 0 Å². The molecule has 2 unspecified atom stereocenters. The Kier molecular flexibility index (Phi) is 6.87. The van der Waals surface area contributed by atoms with E-state index < -0.39 is 0 Å². The minimum atomic E-state index is -0.124. The molecule has 0 fully saturated rings. The van der Waals surface area contributed by atoms with E-state index in [0.717, 1.165) is 35.8 Å². The summed E-state index contributed by atoms with van der Waals surface area (Å²) in [4.78, 5) is 0. The van der Waals surface area contributed by atoms with Crippen molar-refractivity contribution in [3.05, 3.63) is 34.1 Å². The Balaban J connectivity index is 2.86. The first kappa shape index (κ1) is 15.6. The summed E-state index contributed by atoms with van der Waals surface area (Å²) in [6, 6.07) is 5.46. The molecule has 0 aliphatic heterocycles.